The maximum absolute atomic E-state index is 12.5. The van der Waals surface area contributed by atoms with Gasteiger partial charge in [0.05, 0.1) is 25.4 Å². The second-order valence-corrected chi connectivity index (χ2v) is 23.5. The Labute approximate surface area is 469 Å². The van der Waals surface area contributed by atoms with Crippen LogP contribution in [-0.4, -0.2) is 47.4 Å². The van der Waals surface area contributed by atoms with Crippen molar-refractivity contribution in [1.82, 2.24) is 5.32 Å². The maximum atomic E-state index is 12.5. The molecule has 0 aliphatic carbocycles. The van der Waals surface area contributed by atoms with Crippen LogP contribution in [0.2, 0.25) is 0 Å². The number of hydrogen-bond acceptors (Lipinski definition) is 5. The molecule has 0 heterocycles. The molecule has 1 amide bonds. The molecule has 0 saturated carbocycles. The second kappa shape index (κ2) is 64.9. The molecule has 3 N–H and O–H groups in total. The summed E-state index contributed by atoms with van der Waals surface area (Å²) in [6, 6.07) is -0.548. The summed E-state index contributed by atoms with van der Waals surface area (Å²) >= 11 is 0. The van der Waals surface area contributed by atoms with E-state index in [9.17, 15) is 19.8 Å². The summed E-state index contributed by atoms with van der Waals surface area (Å²) in [5, 5.41) is 23.4. The molecule has 0 rings (SSSR count). The van der Waals surface area contributed by atoms with Gasteiger partial charge in [-0.05, 0) is 77.0 Å². The molecule has 75 heavy (non-hydrogen) atoms. The first-order valence-corrected chi connectivity index (χ1v) is 34.1. The smallest absolute Gasteiger partial charge is 0.305 e. The number of amides is 1. The Morgan fingerprint density at radius 1 is 0.360 bits per heavy atom. The predicted octanol–water partition coefficient (Wildman–Crippen LogP) is 21.8. The highest BCUT2D eigenvalue weighted by Crippen LogP contribution is 2.18. The standard InChI is InChI=1S/C69H133NO5/c1-3-5-7-9-11-13-15-17-19-20-21-22-23-25-28-31-34-37-41-45-49-53-57-61-67(72)66(65-71)70-68(73)62-58-54-50-46-42-38-35-32-29-26-24-27-30-33-36-40-44-48-52-56-60-64-75-69(74)63-59-55-51-47-43-39-18-16-14-12-10-8-6-4-2/h16,18,26,29,66-67,71-72H,3-15,17,19-25,27-28,30-65H2,1-2H3,(H,70,73)/b18-16-,29-26-. The number of aliphatic hydroxyl groups excluding tert-OH is 2. The molecule has 6 heteroatoms. The van der Waals surface area contributed by atoms with Crippen LogP contribution in [0.3, 0.4) is 0 Å². The first-order valence-electron chi connectivity index (χ1n) is 34.1. The van der Waals surface area contributed by atoms with Crippen LogP contribution < -0.4 is 5.32 Å². The third-order valence-electron chi connectivity index (χ3n) is 16.0. The quantitative estimate of drug-likeness (QED) is 0.0320. The Kier molecular flexibility index (Phi) is 63.4. The van der Waals surface area contributed by atoms with Gasteiger partial charge in [0.25, 0.3) is 0 Å². The number of allylic oxidation sites excluding steroid dienone is 4. The lowest BCUT2D eigenvalue weighted by Gasteiger charge is -2.22. The summed E-state index contributed by atoms with van der Waals surface area (Å²) in [5.74, 6) is -0.0381. The zero-order valence-corrected chi connectivity index (χ0v) is 50.8. The van der Waals surface area contributed by atoms with E-state index in [0.29, 0.717) is 25.9 Å². The fourth-order valence-electron chi connectivity index (χ4n) is 10.7. The van der Waals surface area contributed by atoms with Crippen LogP contribution in [0.5, 0.6) is 0 Å². The number of unbranched alkanes of at least 4 members (excludes halogenated alkanes) is 49. The lowest BCUT2D eigenvalue weighted by molar-refractivity contribution is -0.143. The second-order valence-electron chi connectivity index (χ2n) is 23.5. The van der Waals surface area contributed by atoms with Crippen LogP contribution in [0.4, 0.5) is 0 Å². The Hall–Kier alpha value is -1.66. The van der Waals surface area contributed by atoms with Gasteiger partial charge in [0.2, 0.25) is 5.91 Å². The van der Waals surface area contributed by atoms with E-state index in [0.717, 1.165) is 44.9 Å². The van der Waals surface area contributed by atoms with Gasteiger partial charge in [-0.1, -0.05) is 314 Å². The summed E-state index contributed by atoms with van der Waals surface area (Å²) in [4.78, 5) is 24.6. The highest BCUT2D eigenvalue weighted by molar-refractivity contribution is 5.76. The molecule has 0 spiro atoms. The first kappa shape index (κ1) is 73.3. The average molecular weight is 1060 g/mol. The van der Waals surface area contributed by atoms with Gasteiger partial charge in [0, 0.05) is 12.8 Å². The highest BCUT2D eigenvalue weighted by atomic mass is 16.5. The molecular formula is C69H133NO5. The molecule has 0 aromatic heterocycles. The summed E-state index contributed by atoms with van der Waals surface area (Å²) < 4.78 is 5.48. The molecule has 0 aliphatic heterocycles. The molecule has 444 valence electrons. The van der Waals surface area contributed by atoms with Crippen LogP contribution in [0.1, 0.15) is 380 Å². The molecule has 0 aliphatic rings. The molecule has 2 atom stereocenters. The SMILES string of the molecule is CCCCCCC/C=C\CCCCCCCC(=O)OCCCCCCCCCCCC/C=C\CCCCCCCCCC(=O)NC(CO)C(O)CCCCCCCCCCCCCCCCCCCCCCCCC. The highest BCUT2D eigenvalue weighted by Gasteiger charge is 2.20. The Bertz CT molecular complexity index is 1170. The van der Waals surface area contributed by atoms with E-state index in [-0.39, 0.29) is 18.5 Å². The molecular weight excluding hydrogens is 923 g/mol. The van der Waals surface area contributed by atoms with Crippen molar-refractivity contribution in [2.75, 3.05) is 13.2 Å². The number of esters is 1. The topological polar surface area (TPSA) is 95.9 Å². The zero-order chi connectivity index (χ0) is 54.3. The van der Waals surface area contributed by atoms with Gasteiger partial charge in [0.1, 0.15) is 0 Å². The number of rotatable bonds is 64. The fourth-order valence-corrected chi connectivity index (χ4v) is 10.7. The van der Waals surface area contributed by atoms with E-state index in [1.54, 1.807) is 0 Å². The third-order valence-corrected chi connectivity index (χ3v) is 16.0. The third kappa shape index (κ3) is 61.4. The fraction of sp³-hybridized carbons (Fsp3) is 0.913. The molecule has 0 saturated heterocycles. The van der Waals surface area contributed by atoms with Crippen molar-refractivity contribution in [2.45, 2.75) is 392 Å². The Morgan fingerprint density at radius 2 is 0.627 bits per heavy atom. The minimum Gasteiger partial charge on any atom is -0.466 e. The van der Waals surface area contributed by atoms with Gasteiger partial charge in [-0.15, -0.1) is 0 Å². The normalized spacial score (nSPS) is 12.6. The van der Waals surface area contributed by atoms with Crippen molar-refractivity contribution in [2.24, 2.45) is 0 Å². The van der Waals surface area contributed by atoms with Crippen molar-refractivity contribution >= 4 is 11.9 Å². The van der Waals surface area contributed by atoms with Gasteiger partial charge >= 0.3 is 5.97 Å². The van der Waals surface area contributed by atoms with Gasteiger partial charge in [0.15, 0.2) is 0 Å². The monoisotopic (exact) mass is 1060 g/mol. The number of nitrogens with one attached hydrogen (secondary N) is 1. The van der Waals surface area contributed by atoms with E-state index < -0.39 is 12.1 Å². The number of carbonyl (C=O) groups excluding carboxylic acids is 2. The van der Waals surface area contributed by atoms with Gasteiger partial charge < -0.3 is 20.3 Å². The minimum absolute atomic E-state index is 0.000527. The van der Waals surface area contributed by atoms with E-state index in [2.05, 4.69) is 43.5 Å². The summed E-state index contributed by atoms with van der Waals surface area (Å²) in [7, 11) is 0. The largest absolute Gasteiger partial charge is 0.466 e. The number of hydrogen-bond donors (Lipinski definition) is 3. The molecule has 6 nitrogen and oxygen atoms in total. The average Bonchev–Trinajstić information content (AvgIpc) is 3.41. The molecule has 0 fully saturated rings. The number of carbonyl (C=O) groups is 2. The Morgan fingerprint density at radius 3 is 0.947 bits per heavy atom. The van der Waals surface area contributed by atoms with Crippen LogP contribution >= 0.6 is 0 Å². The predicted molar refractivity (Wildman–Crippen MR) is 329 cm³/mol. The summed E-state index contributed by atoms with van der Waals surface area (Å²) in [6.07, 6.45) is 80.6. The minimum atomic E-state index is -0.671. The number of aliphatic hydroxyl groups is 2. The van der Waals surface area contributed by atoms with E-state index in [4.69, 9.17) is 4.74 Å². The summed E-state index contributed by atoms with van der Waals surface area (Å²) in [6.45, 7) is 4.97. The first-order chi connectivity index (χ1) is 37.0. The summed E-state index contributed by atoms with van der Waals surface area (Å²) in [5.41, 5.74) is 0. The Balaban J connectivity index is 3.42. The van der Waals surface area contributed by atoms with Crippen LogP contribution in [0.15, 0.2) is 24.3 Å². The maximum Gasteiger partial charge on any atom is 0.305 e. The van der Waals surface area contributed by atoms with Crippen molar-refractivity contribution in [3.05, 3.63) is 24.3 Å². The van der Waals surface area contributed by atoms with Crippen molar-refractivity contribution in [3.63, 3.8) is 0 Å². The van der Waals surface area contributed by atoms with Gasteiger partial charge in [-0.3, -0.25) is 9.59 Å². The molecule has 0 radical (unpaired) electrons. The van der Waals surface area contributed by atoms with Crippen molar-refractivity contribution < 1.29 is 24.5 Å². The zero-order valence-electron chi connectivity index (χ0n) is 50.8. The van der Waals surface area contributed by atoms with Crippen LogP contribution in [-0.2, 0) is 14.3 Å². The lowest BCUT2D eigenvalue weighted by Crippen LogP contribution is -2.45. The van der Waals surface area contributed by atoms with Crippen LogP contribution in [0, 0.1) is 0 Å². The van der Waals surface area contributed by atoms with Gasteiger partial charge in [-0.25, -0.2) is 0 Å². The molecule has 0 aromatic rings. The van der Waals surface area contributed by atoms with E-state index in [1.165, 1.54) is 302 Å². The van der Waals surface area contributed by atoms with Crippen molar-refractivity contribution in [1.29, 1.82) is 0 Å². The molecule has 2 unspecified atom stereocenters. The lowest BCUT2D eigenvalue weighted by atomic mass is 10.0. The molecule has 0 aromatic carbocycles. The van der Waals surface area contributed by atoms with Crippen LogP contribution in [0.25, 0.3) is 0 Å². The van der Waals surface area contributed by atoms with E-state index >= 15 is 0 Å². The van der Waals surface area contributed by atoms with Gasteiger partial charge in [-0.2, -0.15) is 0 Å². The molecule has 0 bridgehead atoms. The number of ether oxygens (including phenoxy) is 1. The van der Waals surface area contributed by atoms with Crippen molar-refractivity contribution in [3.8, 4) is 0 Å². The van der Waals surface area contributed by atoms with E-state index in [1.807, 2.05) is 0 Å².